The highest BCUT2D eigenvalue weighted by atomic mass is 79.9. The van der Waals surface area contributed by atoms with Crippen molar-refractivity contribution in [2.24, 2.45) is 5.73 Å². The van der Waals surface area contributed by atoms with Crippen molar-refractivity contribution in [2.75, 3.05) is 0 Å². The number of benzene rings is 4. The van der Waals surface area contributed by atoms with Gasteiger partial charge in [-0.1, -0.05) is 48.5 Å². The number of rotatable bonds is 4. The van der Waals surface area contributed by atoms with E-state index in [0.29, 0.717) is 23.7 Å². The molecule has 162 valence electrons. The number of halogens is 1. The Labute approximate surface area is 199 Å². The maximum absolute atomic E-state index is 9.82. The van der Waals surface area contributed by atoms with Crippen molar-refractivity contribution in [1.82, 2.24) is 0 Å². The first kappa shape index (κ1) is 20.9. The zero-order valence-electron chi connectivity index (χ0n) is 17.5. The molecule has 0 saturated heterocycles. The van der Waals surface area contributed by atoms with Crippen LogP contribution in [0.5, 0.6) is 17.2 Å². The molecule has 5 nitrogen and oxygen atoms in total. The zero-order chi connectivity index (χ0) is 22.9. The maximum atomic E-state index is 9.82. The highest BCUT2D eigenvalue weighted by Gasteiger charge is 2.31. The lowest BCUT2D eigenvalue weighted by Gasteiger charge is -2.26. The summed E-state index contributed by atoms with van der Waals surface area (Å²) in [6.07, 6.45) is 0. The average molecular weight is 499 g/mol. The van der Waals surface area contributed by atoms with Crippen LogP contribution in [0.15, 0.2) is 94.8 Å². The second-order valence-corrected chi connectivity index (χ2v) is 8.66. The summed E-state index contributed by atoms with van der Waals surface area (Å²) in [6.45, 7) is 0.429. The summed E-state index contributed by atoms with van der Waals surface area (Å²) in [5.74, 6) is 0.822. The van der Waals surface area contributed by atoms with Crippen molar-refractivity contribution in [3.8, 4) is 23.3 Å². The van der Waals surface area contributed by atoms with Crippen molar-refractivity contribution < 1.29 is 14.6 Å². The quantitative estimate of drug-likeness (QED) is 0.354. The minimum atomic E-state index is -0.412. The van der Waals surface area contributed by atoms with Crippen molar-refractivity contribution >= 4 is 26.7 Å². The Morgan fingerprint density at radius 2 is 1.82 bits per heavy atom. The summed E-state index contributed by atoms with van der Waals surface area (Å²) < 4.78 is 12.4. The van der Waals surface area contributed by atoms with Gasteiger partial charge in [0.1, 0.15) is 35.5 Å². The molecule has 4 aromatic rings. The molecule has 1 heterocycles. The summed E-state index contributed by atoms with van der Waals surface area (Å²) in [5, 5.41) is 21.9. The van der Waals surface area contributed by atoms with Crippen molar-refractivity contribution in [1.29, 1.82) is 5.26 Å². The summed E-state index contributed by atoms with van der Waals surface area (Å²) >= 11 is 3.61. The number of phenols is 1. The molecule has 5 rings (SSSR count). The molecular weight excluding hydrogens is 480 g/mol. The molecule has 1 atom stereocenters. The Balaban J connectivity index is 1.43. The van der Waals surface area contributed by atoms with Gasteiger partial charge < -0.3 is 20.3 Å². The number of aromatic hydroxyl groups is 1. The van der Waals surface area contributed by atoms with Gasteiger partial charge in [0.2, 0.25) is 5.88 Å². The molecule has 0 saturated carbocycles. The van der Waals surface area contributed by atoms with Gasteiger partial charge in [0.15, 0.2) is 0 Å². The predicted octanol–water partition coefficient (Wildman–Crippen LogP) is 6.11. The standard InChI is InChI=1S/C27H19BrN2O3/c28-23-12-19(26-21-9-8-20(31)13-25(21)33-27(30)22(26)14-29)7-10-24(23)32-15-16-5-6-17-3-1-2-4-18(17)11-16/h1-13,26,31H,15,30H2/t26-/m1/s1. The summed E-state index contributed by atoms with van der Waals surface area (Å²) in [5.41, 5.74) is 9.03. The van der Waals surface area contributed by atoms with Crippen LogP contribution in [0.3, 0.4) is 0 Å². The third-order valence-corrected chi connectivity index (χ3v) is 6.32. The molecule has 0 fully saturated rings. The molecule has 4 aromatic carbocycles. The highest BCUT2D eigenvalue weighted by molar-refractivity contribution is 9.10. The largest absolute Gasteiger partial charge is 0.508 e. The minimum absolute atomic E-state index is 0.0355. The molecule has 0 aliphatic carbocycles. The number of phenolic OH excluding ortho intramolecular Hbond substituents is 1. The number of nitriles is 1. The molecule has 0 aromatic heterocycles. The Morgan fingerprint density at radius 1 is 1.00 bits per heavy atom. The van der Waals surface area contributed by atoms with Crippen molar-refractivity contribution in [3.05, 3.63) is 111 Å². The average Bonchev–Trinajstić information content (AvgIpc) is 2.82. The Hall–Kier alpha value is -3.95. The third kappa shape index (κ3) is 3.99. The van der Waals surface area contributed by atoms with Gasteiger partial charge in [-0.2, -0.15) is 5.26 Å². The number of nitrogens with two attached hydrogens (primary N) is 1. The van der Waals surface area contributed by atoms with Gasteiger partial charge in [0, 0.05) is 11.6 Å². The Morgan fingerprint density at radius 3 is 2.61 bits per heavy atom. The molecule has 3 N–H and O–H groups in total. The first-order valence-electron chi connectivity index (χ1n) is 10.3. The van der Waals surface area contributed by atoms with Gasteiger partial charge in [-0.15, -0.1) is 0 Å². The first-order valence-corrected chi connectivity index (χ1v) is 11.1. The van der Waals surface area contributed by atoms with E-state index in [-0.39, 0.29) is 11.6 Å². The van der Waals surface area contributed by atoms with Crippen LogP contribution in [0.4, 0.5) is 0 Å². The second-order valence-electron chi connectivity index (χ2n) is 7.81. The Kier molecular flexibility index (Phi) is 5.41. The maximum Gasteiger partial charge on any atom is 0.205 e. The molecule has 1 aliphatic heterocycles. The van der Waals surface area contributed by atoms with Gasteiger partial charge in [-0.25, -0.2) is 0 Å². The molecular formula is C27H19BrN2O3. The van der Waals surface area contributed by atoms with E-state index in [1.807, 2.05) is 30.3 Å². The van der Waals surface area contributed by atoms with Gasteiger partial charge in [-0.05, 0) is 62.1 Å². The predicted molar refractivity (Wildman–Crippen MR) is 130 cm³/mol. The summed E-state index contributed by atoms with van der Waals surface area (Å²) in [4.78, 5) is 0. The van der Waals surface area contributed by atoms with Crippen LogP contribution in [-0.4, -0.2) is 5.11 Å². The molecule has 33 heavy (non-hydrogen) atoms. The van der Waals surface area contributed by atoms with E-state index in [0.717, 1.165) is 21.2 Å². The van der Waals surface area contributed by atoms with E-state index in [1.54, 1.807) is 12.1 Å². The number of ether oxygens (including phenoxy) is 2. The fourth-order valence-corrected chi connectivity index (χ4v) is 4.60. The normalized spacial score (nSPS) is 15.0. The lowest BCUT2D eigenvalue weighted by Crippen LogP contribution is -2.21. The summed E-state index contributed by atoms with van der Waals surface area (Å²) in [7, 11) is 0. The van der Waals surface area contributed by atoms with Gasteiger partial charge >= 0.3 is 0 Å². The van der Waals surface area contributed by atoms with E-state index in [9.17, 15) is 10.4 Å². The molecule has 0 bridgehead atoms. The van der Waals surface area contributed by atoms with Crippen LogP contribution in [-0.2, 0) is 6.61 Å². The van der Waals surface area contributed by atoms with E-state index >= 15 is 0 Å². The number of nitrogens with zero attached hydrogens (tertiary/aromatic N) is 1. The fraction of sp³-hybridized carbons (Fsp3) is 0.0741. The van der Waals surface area contributed by atoms with Gasteiger partial charge in [0.05, 0.1) is 10.4 Å². The van der Waals surface area contributed by atoms with Crippen molar-refractivity contribution in [2.45, 2.75) is 12.5 Å². The monoisotopic (exact) mass is 498 g/mol. The fourth-order valence-electron chi connectivity index (χ4n) is 4.09. The van der Waals surface area contributed by atoms with Crippen LogP contribution in [0.2, 0.25) is 0 Å². The van der Waals surface area contributed by atoms with Crippen LogP contribution in [0.25, 0.3) is 10.8 Å². The van der Waals surface area contributed by atoms with Crippen LogP contribution >= 0.6 is 15.9 Å². The van der Waals surface area contributed by atoms with E-state index < -0.39 is 5.92 Å². The number of hydrogen-bond donors (Lipinski definition) is 2. The lowest BCUT2D eigenvalue weighted by atomic mass is 9.83. The van der Waals surface area contributed by atoms with Gasteiger partial charge in [-0.3, -0.25) is 0 Å². The third-order valence-electron chi connectivity index (χ3n) is 5.70. The van der Waals surface area contributed by atoms with E-state index in [2.05, 4.69) is 52.3 Å². The van der Waals surface area contributed by atoms with E-state index in [4.69, 9.17) is 15.2 Å². The van der Waals surface area contributed by atoms with E-state index in [1.165, 1.54) is 16.8 Å². The highest BCUT2D eigenvalue weighted by Crippen LogP contribution is 2.44. The molecule has 1 aliphatic rings. The Bertz CT molecular complexity index is 1460. The van der Waals surface area contributed by atoms with Crippen LogP contribution in [0, 0.1) is 11.3 Å². The topological polar surface area (TPSA) is 88.5 Å². The second kappa shape index (κ2) is 8.53. The number of hydrogen-bond acceptors (Lipinski definition) is 5. The molecule has 0 spiro atoms. The SMILES string of the molecule is N#CC1=C(N)Oc2cc(O)ccc2[C@H]1c1ccc(OCc2ccc3ccccc3c2)c(Br)c1. The van der Waals surface area contributed by atoms with Crippen LogP contribution in [0.1, 0.15) is 22.6 Å². The molecule has 6 heteroatoms. The lowest BCUT2D eigenvalue weighted by molar-refractivity contribution is 0.304. The zero-order valence-corrected chi connectivity index (χ0v) is 19.0. The van der Waals surface area contributed by atoms with Crippen molar-refractivity contribution in [3.63, 3.8) is 0 Å². The molecule has 0 radical (unpaired) electrons. The number of allylic oxidation sites excluding steroid dienone is 1. The molecule has 0 amide bonds. The molecule has 0 unspecified atom stereocenters. The van der Waals surface area contributed by atoms with Crippen LogP contribution < -0.4 is 15.2 Å². The smallest absolute Gasteiger partial charge is 0.205 e. The van der Waals surface area contributed by atoms with Gasteiger partial charge in [0.25, 0.3) is 0 Å². The minimum Gasteiger partial charge on any atom is -0.508 e. The number of fused-ring (bicyclic) bond motifs is 2. The first-order chi connectivity index (χ1) is 16.0. The summed E-state index contributed by atoms with van der Waals surface area (Å²) in [6, 6.07) is 27.2.